The molecule has 0 bridgehead atoms. The third-order valence-corrected chi connectivity index (χ3v) is 3.31. The number of benzene rings is 1. The summed E-state index contributed by atoms with van der Waals surface area (Å²) in [5.74, 6) is 4.51. The van der Waals surface area contributed by atoms with E-state index in [1.54, 1.807) is 18.1 Å². The van der Waals surface area contributed by atoms with E-state index in [1.807, 2.05) is 13.8 Å². The number of halogens is 1. The summed E-state index contributed by atoms with van der Waals surface area (Å²) in [4.78, 5) is 14.3. The van der Waals surface area contributed by atoms with Crippen molar-refractivity contribution < 1.29 is 13.9 Å². The summed E-state index contributed by atoms with van der Waals surface area (Å²) in [6.45, 7) is 4.81. The van der Waals surface area contributed by atoms with Crippen LogP contribution in [0.3, 0.4) is 0 Å². The van der Waals surface area contributed by atoms with Gasteiger partial charge in [0.05, 0.1) is 17.9 Å². The quantitative estimate of drug-likeness (QED) is 0.593. The van der Waals surface area contributed by atoms with Crippen LogP contribution in [0.15, 0.2) is 18.2 Å². The second-order valence-corrected chi connectivity index (χ2v) is 4.56. The van der Waals surface area contributed by atoms with Gasteiger partial charge in [-0.3, -0.25) is 10.6 Å². The molecule has 0 aromatic heterocycles. The van der Waals surface area contributed by atoms with Crippen molar-refractivity contribution >= 4 is 11.6 Å². The van der Waals surface area contributed by atoms with Crippen molar-refractivity contribution in [1.29, 1.82) is 0 Å². The Morgan fingerprint density at radius 3 is 2.80 bits per heavy atom. The van der Waals surface area contributed by atoms with Crippen molar-refractivity contribution in [3.8, 4) is 0 Å². The molecular formula is C14H22FN3O2. The Hall–Kier alpha value is -1.66. The number of hydrazine groups is 1. The maximum atomic E-state index is 13.7. The molecule has 0 heterocycles. The van der Waals surface area contributed by atoms with Gasteiger partial charge in [0.25, 0.3) is 5.91 Å². The van der Waals surface area contributed by atoms with Gasteiger partial charge in [-0.2, -0.15) is 0 Å². The van der Waals surface area contributed by atoms with E-state index in [2.05, 4.69) is 5.43 Å². The van der Waals surface area contributed by atoms with Crippen LogP contribution in [-0.2, 0) is 4.74 Å². The number of nitrogens with two attached hydrogens (primary N) is 1. The van der Waals surface area contributed by atoms with Crippen LogP contribution in [0.4, 0.5) is 10.1 Å². The monoisotopic (exact) mass is 283 g/mol. The second kappa shape index (κ2) is 7.81. The zero-order valence-corrected chi connectivity index (χ0v) is 12.1. The van der Waals surface area contributed by atoms with Gasteiger partial charge in [-0.1, -0.05) is 13.0 Å². The summed E-state index contributed by atoms with van der Waals surface area (Å²) in [6.07, 6.45) is 0.802. The molecule has 5 nitrogen and oxygen atoms in total. The highest BCUT2D eigenvalue weighted by Gasteiger charge is 2.23. The highest BCUT2D eigenvalue weighted by Crippen LogP contribution is 2.21. The average molecular weight is 283 g/mol. The zero-order chi connectivity index (χ0) is 15.1. The Morgan fingerprint density at radius 2 is 2.25 bits per heavy atom. The highest BCUT2D eigenvalue weighted by atomic mass is 19.1. The minimum Gasteiger partial charge on any atom is -0.383 e. The summed E-state index contributed by atoms with van der Waals surface area (Å²) in [5.41, 5.74) is 2.50. The smallest absolute Gasteiger partial charge is 0.256 e. The molecule has 0 fully saturated rings. The van der Waals surface area contributed by atoms with Gasteiger partial charge in [0.2, 0.25) is 0 Å². The predicted molar refractivity (Wildman–Crippen MR) is 76.9 cm³/mol. The standard InChI is InChI=1S/C14H22FN3O2/c1-4-10(2)18(8-9-20-3)14(19)11-6-5-7-12(15)13(11)17-16/h5-7,10,17H,4,8-9,16H2,1-3H3. The van der Waals surface area contributed by atoms with Crippen LogP contribution in [0.1, 0.15) is 30.6 Å². The van der Waals surface area contributed by atoms with E-state index in [1.165, 1.54) is 12.1 Å². The third kappa shape index (κ3) is 3.68. The van der Waals surface area contributed by atoms with Gasteiger partial charge in [0, 0.05) is 19.7 Å². The van der Waals surface area contributed by atoms with E-state index in [9.17, 15) is 9.18 Å². The van der Waals surface area contributed by atoms with Crippen LogP contribution in [-0.4, -0.2) is 37.1 Å². The van der Waals surface area contributed by atoms with Crippen molar-refractivity contribution in [1.82, 2.24) is 4.90 Å². The third-order valence-electron chi connectivity index (χ3n) is 3.31. The van der Waals surface area contributed by atoms with Gasteiger partial charge in [-0.25, -0.2) is 4.39 Å². The number of carbonyl (C=O) groups excluding carboxylic acids is 1. The van der Waals surface area contributed by atoms with E-state index in [0.717, 1.165) is 6.42 Å². The number of nitrogens with zero attached hydrogens (tertiary/aromatic N) is 1. The number of nitrogen functional groups attached to an aromatic ring is 1. The van der Waals surface area contributed by atoms with Crippen LogP contribution < -0.4 is 11.3 Å². The molecule has 1 rings (SSSR count). The number of para-hydroxylation sites is 1. The van der Waals surface area contributed by atoms with Crippen molar-refractivity contribution in [2.75, 3.05) is 25.7 Å². The van der Waals surface area contributed by atoms with Gasteiger partial charge < -0.3 is 15.1 Å². The predicted octanol–water partition coefficient (Wildman–Crippen LogP) is 2.00. The number of carbonyl (C=O) groups is 1. The Labute approximate surface area is 118 Å². The van der Waals surface area contributed by atoms with Crippen molar-refractivity contribution in [3.05, 3.63) is 29.6 Å². The van der Waals surface area contributed by atoms with Gasteiger partial charge in [0.15, 0.2) is 0 Å². The molecule has 6 heteroatoms. The van der Waals surface area contributed by atoms with E-state index in [0.29, 0.717) is 13.2 Å². The van der Waals surface area contributed by atoms with Crippen molar-refractivity contribution in [2.45, 2.75) is 26.3 Å². The van der Waals surface area contributed by atoms with Crippen LogP contribution in [0, 0.1) is 5.82 Å². The fraction of sp³-hybridized carbons (Fsp3) is 0.500. The lowest BCUT2D eigenvalue weighted by Crippen LogP contribution is -2.41. The van der Waals surface area contributed by atoms with Crippen LogP contribution in [0.2, 0.25) is 0 Å². The molecule has 1 aromatic rings. The van der Waals surface area contributed by atoms with E-state index >= 15 is 0 Å². The summed E-state index contributed by atoms with van der Waals surface area (Å²) in [5, 5.41) is 0. The molecule has 0 spiro atoms. The summed E-state index contributed by atoms with van der Waals surface area (Å²) >= 11 is 0. The number of methoxy groups -OCH3 is 1. The first-order valence-corrected chi connectivity index (χ1v) is 6.61. The maximum Gasteiger partial charge on any atom is 0.256 e. The molecule has 0 aliphatic rings. The molecule has 112 valence electrons. The lowest BCUT2D eigenvalue weighted by Gasteiger charge is -2.29. The first-order valence-electron chi connectivity index (χ1n) is 6.61. The fourth-order valence-electron chi connectivity index (χ4n) is 1.94. The molecule has 3 N–H and O–H groups in total. The summed E-state index contributed by atoms with van der Waals surface area (Å²) in [7, 11) is 1.58. The topological polar surface area (TPSA) is 67.6 Å². The van der Waals surface area contributed by atoms with E-state index < -0.39 is 5.82 Å². The molecular weight excluding hydrogens is 261 g/mol. The average Bonchev–Trinajstić information content (AvgIpc) is 2.46. The highest BCUT2D eigenvalue weighted by molar-refractivity contribution is 5.99. The van der Waals surface area contributed by atoms with E-state index in [4.69, 9.17) is 10.6 Å². The molecule has 0 aliphatic heterocycles. The molecule has 20 heavy (non-hydrogen) atoms. The molecule has 1 atom stereocenters. The number of ether oxygens (including phenoxy) is 1. The summed E-state index contributed by atoms with van der Waals surface area (Å²) in [6, 6.07) is 4.35. The zero-order valence-electron chi connectivity index (χ0n) is 12.1. The summed E-state index contributed by atoms with van der Waals surface area (Å²) < 4.78 is 18.7. The van der Waals surface area contributed by atoms with E-state index in [-0.39, 0.29) is 23.2 Å². The molecule has 1 amide bonds. The molecule has 0 saturated carbocycles. The van der Waals surface area contributed by atoms with Gasteiger partial charge in [0.1, 0.15) is 5.82 Å². The number of hydrogen-bond donors (Lipinski definition) is 2. The number of anilines is 1. The largest absolute Gasteiger partial charge is 0.383 e. The number of amides is 1. The second-order valence-electron chi connectivity index (χ2n) is 4.56. The van der Waals surface area contributed by atoms with Crippen molar-refractivity contribution in [2.24, 2.45) is 5.84 Å². The van der Waals surface area contributed by atoms with Gasteiger partial charge in [-0.15, -0.1) is 0 Å². The minimum atomic E-state index is -0.547. The van der Waals surface area contributed by atoms with Crippen LogP contribution >= 0.6 is 0 Å². The minimum absolute atomic E-state index is 0.0169. The number of nitrogens with one attached hydrogen (secondary N) is 1. The lowest BCUT2D eigenvalue weighted by atomic mass is 10.1. The van der Waals surface area contributed by atoms with Gasteiger partial charge in [-0.05, 0) is 25.5 Å². The number of hydrogen-bond acceptors (Lipinski definition) is 4. The molecule has 1 unspecified atom stereocenters. The Bertz CT molecular complexity index is 454. The Balaban J connectivity index is 3.08. The maximum absolute atomic E-state index is 13.7. The first-order chi connectivity index (χ1) is 9.56. The Morgan fingerprint density at radius 1 is 1.55 bits per heavy atom. The molecule has 1 aromatic carbocycles. The lowest BCUT2D eigenvalue weighted by molar-refractivity contribution is 0.0614. The molecule has 0 radical (unpaired) electrons. The van der Waals surface area contributed by atoms with Gasteiger partial charge >= 0.3 is 0 Å². The first kappa shape index (κ1) is 16.4. The fourth-order valence-corrected chi connectivity index (χ4v) is 1.94. The van der Waals surface area contributed by atoms with Crippen LogP contribution in [0.25, 0.3) is 0 Å². The molecule has 0 saturated heterocycles. The van der Waals surface area contributed by atoms with Crippen molar-refractivity contribution in [3.63, 3.8) is 0 Å². The number of rotatable bonds is 7. The molecule has 0 aliphatic carbocycles. The Kier molecular flexibility index (Phi) is 6.41. The SMILES string of the molecule is CCC(C)N(CCOC)C(=O)c1cccc(F)c1NN. The van der Waals surface area contributed by atoms with Crippen LogP contribution in [0.5, 0.6) is 0 Å². The normalized spacial score (nSPS) is 12.1.